The topological polar surface area (TPSA) is 95.8 Å². The van der Waals surface area contributed by atoms with Crippen LogP contribution in [0.3, 0.4) is 0 Å². The zero-order valence-electron chi connectivity index (χ0n) is 15.8. The SMILES string of the molecule is CCOC(=O)c1nc2n(n1)C1(CCN(C(=O)OC(C)(C)C)CC1)COC2. The van der Waals surface area contributed by atoms with Crippen LogP contribution < -0.4 is 0 Å². The Kier molecular flexibility index (Phi) is 4.92. The fraction of sp³-hybridized carbons (Fsp3) is 0.765. The number of carbonyl (C=O) groups is 2. The highest BCUT2D eigenvalue weighted by atomic mass is 16.6. The number of hydrogen-bond donors (Lipinski definition) is 0. The second-order valence-corrected chi connectivity index (χ2v) is 7.67. The van der Waals surface area contributed by atoms with E-state index in [0.717, 1.165) is 0 Å². The Morgan fingerprint density at radius 3 is 2.58 bits per heavy atom. The van der Waals surface area contributed by atoms with E-state index in [1.54, 1.807) is 16.5 Å². The van der Waals surface area contributed by atoms with E-state index in [1.165, 1.54) is 0 Å². The summed E-state index contributed by atoms with van der Waals surface area (Å²) in [5.74, 6) is 0.141. The van der Waals surface area contributed by atoms with Gasteiger partial charge in [-0.15, -0.1) is 5.10 Å². The van der Waals surface area contributed by atoms with Gasteiger partial charge in [-0.05, 0) is 40.5 Å². The van der Waals surface area contributed by atoms with E-state index in [0.29, 0.717) is 45.0 Å². The molecule has 1 saturated heterocycles. The molecule has 0 atom stereocenters. The van der Waals surface area contributed by atoms with Crippen molar-refractivity contribution in [3.63, 3.8) is 0 Å². The first-order valence-corrected chi connectivity index (χ1v) is 8.93. The van der Waals surface area contributed by atoms with Gasteiger partial charge in [-0.1, -0.05) is 0 Å². The van der Waals surface area contributed by atoms with Gasteiger partial charge in [0.1, 0.15) is 12.2 Å². The van der Waals surface area contributed by atoms with E-state index in [4.69, 9.17) is 14.2 Å². The van der Waals surface area contributed by atoms with Crippen LogP contribution in [-0.2, 0) is 26.4 Å². The molecule has 0 saturated carbocycles. The zero-order valence-corrected chi connectivity index (χ0v) is 15.8. The summed E-state index contributed by atoms with van der Waals surface area (Å²) >= 11 is 0. The number of aromatic nitrogens is 3. The standard InChI is InChI=1S/C17H26N4O5/c1-5-25-14(22)13-18-12-10-24-11-17(21(12)19-13)6-8-20(9-7-17)15(23)26-16(2,3)4/h5-11H2,1-4H3. The second-order valence-electron chi connectivity index (χ2n) is 7.67. The fourth-order valence-corrected chi connectivity index (χ4v) is 3.28. The normalized spacial score (nSPS) is 19.2. The van der Waals surface area contributed by atoms with E-state index >= 15 is 0 Å². The highest BCUT2D eigenvalue weighted by molar-refractivity contribution is 5.85. The van der Waals surface area contributed by atoms with Crippen molar-refractivity contribution in [2.75, 3.05) is 26.3 Å². The van der Waals surface area contributed by atoms with Crippen molar-refractivity contribution in [3.8, 4) is 0 Å². The molecule has 3 rings (SSSR count). The molecule has 2 aliphatic heterocycles. The number of nitrogens with zero attached hydrogens (tertiary/aromatic N) is 4. The third-order valence-electron chi connectivity index (χ3n) is 4.53. The maximum atomic E-state index is 12.3. The fourth-order valence-electron chi connectivity index (χ4n) is 3.28. The Bertz CT molecular complexity index is 686. The van der Waals surface area contributed by atoms with Crippen LogP contribution in [0.4, 0.5) is 4.79 Å². The molecule has 1 amide bonds. The first-order valence-electron chi connectivity index (χ1n) is 8.93. The Labute approximate surface area is 152 Å². The van der Waals surface area contributed by atoms with Crippen molar-refractivity contribution in [2.45, 2.75) is 58.3 Å². The van der Waals surface area contributed by atoms with Gasteiger partial charge in [0.25, 0.3) is 5.82 Å². The molecule has 3 heterocycles. The van der Waals surface area contributed by atoms with Gasteiger partial charge in [0.05, 0.1) is 18.8 Å². The molecule has 1 spiro atoms. The minimum absolute atomic E-state index is 0.0568. The predicted molar refractivity (Wildman–Crippen MR) is 90.6 cm³/mol. The Balaban J connectivity index is 1.74. The molecular formula is C17H26N4O5. The number of likely N-dealkylation sites (tertiary alicyclic amines) is 1. The van der Waals surface area contributed by atoms with Crippen LogP contribution in [0.5, 0.6) is 0 Å². The third kappa shape index (κ3) is 3.67. The summed E-state index contributed by atoms with van der Waals surface area (Å²) in [4.78, 5) is 30.2. The quantitative estimate of drug-likeness (QED) is 0.735. The number of ether oxygens (including phenoxy) is 3. The van der Waals surface area contributed by atoms with E-state index in [2.05, 4.69) is 10.1 Å². The minimum atomic E-state index is -0.532. The molecule has 2 aliphatic rings. The lowest BCUT2D eigenvalue weighted by Gasteiger charge is -2.43. The highest BCUT2D eigenvalue weighted by Crippen LogP contribution is 2.34. The number of piperidine rings is 1. The first-order chi connectivity index (χ1) is 12.2. The number of hydrogen-bond acceptors (Lipinski definition) is 7. The maximum Gasteiger partial charge on any atom is 0.410 e. The lowest BCUT2D eigenvalue weighted by atomic mass is 9.87. The summed E-state index contributed by atoms with van der Waals surface area (Å²) in [5.41, 5.74) is -0.919. The zero-order chi connectivity index (χ0) is 18.9. The Morgan fingerprint density at radius 1 is 1.27 bits per heavy atom. The molecule has 0 unspecified atom stereocenters. The molecule has 1 aromatic rings. The van der Waals surface area contributed by atoms with Gasteiger partial charge in [-0.25, -0.2) is 19.3 Å². The average Bonchev–Trinajstić information content (AvgIpc) is 3.00. The number of carbonyl (C=O) groups excluding carboxylic acids is 2. The summed E-state index contributed by atoms with van der Waals surface area (Å²) in [6.07, 6.45) is 1.01. The van der Waals surface area contributed by atoms with Crippen molar-refractivity contribution in [2.24, 2.45) is 0 Å². The molecule has 144 valence electrons. The van der Waals surface area contributed by atoms with Crippen LogP contribution in [0.25, 0.3) is 0 Å². The average molecular weight is 366 g/mol. The summed E-state index contributed by atoms with van der Waals surface area (Å²) in [7, 11) is 0. The molecule has 9 nitrogen and oxygen atoms in total. The molecular weight excluding hydrogens is 340 g/mol. The van der Waals surface area contributed by atoms with Crippen molar-refractivity contribution in [1.82, 2.24) is 19.7 Å². The molecule has 0 aromatic carbocycles. The van der Waals surface area contributed by atoms with Gasteiger partial charge in [-0.2, -0.15) is 0 Å². The lowest BCUT2D eigenvalue weighted by molar-refractivity contribution is -0.0439. The van der Waals surface area contributed by atoms with Crippen LogP contribution in [0.1, 0.15) is 57.0 Å². The number of esters is 1. The van der Waals surface area contributed by atoms with Crippen molar-refractivity contribution in [3.05, 3.63) is 11.6 Å². The summed E-state index contributed by atoms with van der Waals surface area (Å²) < 4.78 is 17.9. The smallest absolute Gasteiger partial charge is 0.410 e. The number of fused-ring (bicyclic) bond motifs is 2. The molecule has 0 N–H and O–H groups in total. The lowest BCUT2D eigenvalue weighted by Crippen LogP contribution is -2.53. The monoisotopic (exact) mass is 366 g/mol. The van der Waals surface area contributed by atoms with Crippen LogP contribution in [0.2, 0.25) is 0 Å². The van der Waals surface area contributed by atoms with E-state index in [9.17, 15) is 9.59 Å². The van der Waals surface area contributed by atoms with E-state index in [1.807, 2.05) is 20.8 Å². The van der Waals surface area contributed by atoms with Gasteiger partial charge in [0, 0.05) is 13.1 Å². The molecule has 0 bridgehead atoms. The molecule has 1 aromatic heterocycles. The minimum Gasteiger partial charge on any atom is -0.460 e. The van der Waals surface area contributed by atoms with Gasteiger partial charge in [0.2, 0.25) is 0 Å². The molecule has 0 radical (unpaired) electrons. The Morgan fingerprint density at radius 2 is 1.96 bits per heavy atom. The molecule has 1 fully saturated rings. The molecule has 26 heavy (non-hydrogen) atoms. The van der Waals surface area contributed by atoms with Crippen molar-refractivity contribution < 1.29 is 23.8 Å². The van der Waals surface area contributed by atoms with Crippen LogP contribution in [-0.4, -0.2) is 63.6 Å². The molecule has 9 heteroatoms. The van der Waals surface area contributed by atoms with Crippen molar-refractivity contribution in [1.29, 1.82) is 0 Å². The first kappa shape index (κ1) is 18.6. The van der Waals surface area contributed by atoms with Crippen LogP contribution in [0.15, 0.2) is 0 Å². The van der Waals surface area contributed by atoms with Gasteiger partial charge >= 0.3 is 12.1 Å². The number of amides is 1. The summed E-state index contributed by atoms with van der Waals surface area (Å²) in [6.45, 7) is 9.42. The van der Waals surface area contributed by atoms with Crippen LogP contribution in [0, 0.1) is 0 Å². The Hall–Kier alpha value is -2.16. The van der Waals surface area contributed by atoms with E-state index in [-0.39, 0.29) is 18.5 Å². The predicted octanol–water partition coefficient (Wildman–Crippen LogP) is 1.71. The van der Waals surface area contributed by atoms with Crippen molar-refractivity contribution >= 4 is 12.1 Å². The summed E-state index contributed by atoms with van der Waals surface area (Å²) in [5, 5.41) is 4.39. The second kappa shape index (κ2) is 6.86. The van der Waals surface area contributed by atoms with Gasteiger partial charge in [0.15, 0.2) is 5.82 Å². The van der Waals surface area contributed by atoms with E-state index < -0.39 is 17.1 Å². The van der Waals surface area contributed by atoms with Gasteiger partial charge in [-0.3, -0.25) is 0 Å². The number of rotatable bonds is 2. The largest absolute Gasteiger partial charge is 0.460 e. The third-order valence-corrected chi connectivity index (χ3v) is 4.53. The summed E-state index contributed by atoms with van der Waals surface area (Å²) in [6, 6.07) is 0. The van der Waals surface area contributed by atoms with Crippen LogP contribution >= 0.6 is 0 Å². The molecule has 0 aliphatic carbocycles. The highest BCUT2D eigenvalue weighted by Gasteiger charge is 2.44. The van der Waals surface area contributed by atoms with Gasteiger partial charge < -0.3 is 19.1 Å². The maximum absolute atomic E-state index is 12.3.